The molecule has 0 N–H and O–H groups in total. The third kappa shape index (κ3) is 1.98. The SMILES string of the molecule is O=CC1(CC(F)F)CCCC1. The molecule has 3 heteroatoms. The molecule has 1 aliphatic carbocycles. The average molecular weight is 162 g/mol. The first-order valence-corrected chi connectivity index (χ1v) is 3.93. The second kappa shape index (κ2) is 3.28. The van der Waals surface area contributed by atoms with Crippen molar-refractivity contribution in [3.63, 3.8) is 0 Å². The Bertz CT molecular complexity index is 139. The smallest absolute Gasteiger partial charge is 0.239 e. The van der Waals surface area contributed by atoms with Crippen LogP contribution in [0.5, 0.6) is 0 Å². The van der Waals surface area contributed by atoms with E-state index in [0.717, 1.165) is 19.1 Å². The molecule has 0 amide bonds. The van der Waals surface area contributed by atoms with E-state index in [2.05, 4.69) is 0 Å². The summed E-state index contributed by atoms with van der Waals surface area (Å²) >= 11 is 0. The van der Waals surface area contributed by atoms with Crippen LogP contribution >= 0.6 is 0 Å². The Morgan fingerprint density at radius 3 is 2.27 bits per heavy atom. The Balaban J connectivity index is 2.52. The molecule has 1 fully saturated rings. The molecular formula is C8H12F2O. The maximum atomic E-state index is 12.0. The monoisotopic (exact) mass is 162 g/mol. The standard InChI is InChI=1S/C8H12F2O/c9-7(10)5-8(6-11)3-1-2-4-8/h6-7H,1-5H2. The number of carbonyl (C=O) groups excluding carboxylic acids is 1. The fraction of sp³-hybridized carbons (Fsp3) is 0.875. The Morgan fingerprint density at radius 2 is 1.91 bits per heavy atom. The molecule has 0 aromatic carbocycles. The second-order valence-electron chi connectivity index (χ2n) is 3.28. The number of alkyl halides is 2. The van der Waals surface area contributed by atoms with Crippen molar-refractivity contribution in [2.75, 3.05) is 0 Å². The lowest BCUT2D eigenvalue weighted by Crippen LogP contribution is -2.21. The van der Waals surface area contributed by atoms with Gasteiger partial charge in [-0.15, -0.1) is 0 Å². The summed E-state index contributed by atoms with van der Waals surface area (Å²) in [6.07, 6.45) is 1.31. The average Bonchev–Trinajstić information content (AvgIpc) is 2.36. The lowest BCUT2D eigenvalue weighted by molar-refractivity contribution is -0.118. The Morgan fingerprint density at radius 1 is 1.36 bits per heavy atom. The Labute approximate surface area is 64.8 Å². The van der Waals surface area contributed by atoms with Crippen LogP contribution in [0.1, 0.15) is 32.1 Å². The molecule has 0 atom stereocenters. The zero-order chi connectivity index (χ0) is 8.32. The van der Waals surface area contributed by atoms with Gasteiger partial charge in [-0.05, 0) is 12.8 Å². The molecule has 0 aromatic heterocycles. The lowest BCUT2D eigenvalue weighted by atomic mass is 9.85. The molecule has 0 unspecified atom stereocenters. The van der Waals surface area contributed by atoms with E-state index in [4.69, 9.17) is 0 Å². The van der Waals surface area contributed by atoms with Gasteiger partial charge in [0.1, 0.15) is 6.29 Å². The number of carbonyl (C=O) groups is 1. The minimum atomic E-state index is -2.33. The van der Waals surface area contributed by atoms with Crippen molar-refractivity contribution in [1.82, 2.24) is 0 Å². The van der Waals surface area contributed by atoms with Gasteiger partial charge in [0.25, 0.3) is 0 Å². The number of halogens is 2. The molecule has 1 saturated carbocycles. The zero-order valence-corrected chi connectivity index (χ0v) is 6.35. The lowest BCUT2D eigenvalue weighted by Gasteiger charge is -2.20. The maximum Gasteiger partial charge on any atom is 0.239 e. The molecule has 1 rings (SSSR count). The fourth-order valence-electron chi connectivity index (χ4n) is 1.76. The van der Waals surface area contributed by atoms with Gasteiger partial charge in [0.05, 0.1) is 0 Å². The van der Waals surface area contributed by atoms with Gasteiger partial charge in [0.15, 0.2) is 0 Å². The van der Waals surface area contributed by atoms with Gasteiger partial charge in [-0.25, -0.2) is 8.78 Å². The third-order valence-corrected chi connectivity index (χ3v) is 2.41. The number of hydrogen-bond acceptors (Lipinski definition) is 1. The number of rotatable bonds is 3. The summed E-state index contributed by atoms with van der Waals surface area (Å²) < 4.78 is 23.9. The molecule has 0 bridgehead atoms. The van der Waals surface area contributed by atoms with Crippen molar-refractivity contribution in [1.29, 1.82) is 0 Å². The number of hydrogen-bond donors (Lipinski definition) is 0. The minimum absolute atomic E-state index is 0.240. The van der Waals surface area contributed by atoms with Gasteiger partial charge >= 0.3 is 0 Å². The highest BCUT2D eigenvalue weighted by atomic mass is 19.3. The summed E-state index contributed by atoms with van der Waals surface area (Å²) in [6, 6.07) is 0. The normalized spacial score (nSPS) is 22.5. The topological polar surface area (TPSA) is 17.1 Å². The van der Waals surface area contributed by atoms with E-state index in [1.54, 1.807) is 0 Å². The van der Waals surface area contributed by atoms with E-state index in [1.807, 2.05) is 0 Å². The van der Waals surface area contributed by atoms with Crippen molar-refractivity contribution in [3.05, 3.63) is 0 Å². The second-order valence-corrected chi connectivity index (χ2v) is 3.28. The molecule has 0 aromatic rings. The Hall–Kier alpha value is -0.470. The van der Waals surface area contributed by atoms with Crippen LogP contribution in [0.25, 0.3) is 0 Å². The molecule has 0 aliphatic heterocycles. The fourth-order valence-corrected chi connectivity index (χ4v) is 1.76. The van der Waals surface area contributed by atoms with Crippen LogP contribution in [-0.2, 0) is 4.79 Å². The Kier molecular flexibility index (Phi) is 2.58. The molecule has 64 valence electrons. The van der Waals surface area contributed by atoms with Crippen molar-refractivity contribution >= 4 is 6.29 Å². The first-order chi connectivity index (χ1) is 5.18. The third-order valence-electron chi connectivity index (χ3n) is 2.41. The van der Waals surface area contributed by atoms with E-state index in [9.17, 15) is 13.6 Å². The largest absolute Gasteiger partial charge is 0.303 e. The van der Waals surface area contributed by atoms with Gasteiger partial charge in [-0.1, -0.05) is 12.8 Å². The van der Waals surface area contributed by atoms with E-state index in [1.165, 1.54) is 0 Å². The highest BCUT2D eigenvalue weighted by Gasteiger charge is 2.35. The molecule has 11 heavy (non-hydrogen) atoms. The van der Waals surface area contributed by atoms with Gasteiger partial charge in [0, 0.05) is 11.8 Å². The van der Waals surface area contributed by atoms with Crippen molar-refractivity contribution in [2.45, 2.75) is 38.5 Å². The molecule has 1 aliphatic rings. The molecule has 0 spiro atoms. The van der Waals surface area contributed by atoms with E-state index < -0.39 is 11.8 Å². The first kappa shape index (κ1) is 8.62. The van der Waals surface area contributed by atoms with Crippen molar-refractivity contribution < 1.29 is 13.6 Å². The van der Waals surface area contributed by atoms with Gasteiger partial charge in [0.2, 0.25) is 6.43 Å². The van der Waals surface area contributed by atoms with E-state index >= 15 is 0 Å². The molecule has 1 nitrogen and oxygen atoms in total. The summed E-state index contributed by atoms with van der Waals surface area (Å²) in [5.74, 6) is 0. The van der Waals surface area contributed by atoms with Gasteiger partial charge < -0.3 is 4.79 Å². The summed E-state index contributed by atoms with van der Waals surface area (Å²) in [5, 5.41) is 0. The molecular weight excluding hydrogens is 150 g/mol. The van der Waals surface area contributed by atoms with E-state index in [-0.39, 0.29) is 6.42 Å². The summed E-state index contributed by atoms with van der Waals surface area (Å²) in [6.45, 7) is 0. The highest BCUT2D eigenvalue weighted by molar-refractivity contribution is 5.59. The van der Waals surface area contributed by atoms with Gasteiger partial charge in [-0.2, -0.15) is 0 Å². The predicted octanol–water partition coefficient (Wildman–Crippen LogP) is 2.40. The molecule has 0 radical (unpaired) electrons. The maximum absolute atomic E-state index is 12.0. The quantitative estimate of drug-likeness (QED) is 0.582. The van der Waals surface area contributed by atoms with Crippen molar-refractivity contribution in [3.8, 4) is 0 Å². The minimum Gasteiger partial charge on any atom is -0.303 e. The molecule has 0 heterocycles. The number of aldehydes is 1. The summed E-state index contributed by atoms with van der Waals surface area (Å²) in [4.78, 5) is 10.5. The van der Waals surface area contributed by atoms with Crippen LogP contribution < -0.4 is 0 Å². The highest BCUT2D eigenvalue weighted by Crippen LogP contribution is 2.40. The van der Waals surface area contributed by atoms with Crippen LogP contribution in [0, 0.1) is 5.41 Å². The summed E-state index contributed by atoms with van der Waals surface area (Å²) in [7, 11) is 0. The van der Waals surface area contributed by atoms with Crippen LogP contribution in [0.3, 0.4) is 0 Å². The van der Waals surface area contributed by atoms with Gasteiger partial charge in [-0.3, -0.25) is 0 Å². The van der Waals surface area contributed by atoms with E-state index in [0.29, 0.717) is 12.8 Å². The van der Waals surface area contributed by atoms with Crippen LogP contribution in [0.4, 0.5) is 8.78 Å². The van der Waals surface area contributed by atoms with Crippen LogP contribution in [-0.4, -0.2) is 12.7 Å². The summed E-state index contributed by atoms with van der Waals surface area (Å²) in [5.41, 5.74) is -0.672. The van der Waals surface area contributed by atoms with Crippen molar-refractivity contribution in [2.24, 2.45) is 5.41 Å². The first-order valence-electron chi connectivity index (χ1n) is 3.93. The predicted molar refractivity (Wildman–Crippen MR) is 37.6 cm³/mol. The zero-order valence-electron chi connectivity index (χ0n) is 6.35. The van der Waals surface area contributed by atoms with Crippen LogP contribution in [0.15, 0.2) is 0 Å². The van der Waals surface area contributed by atoms with Crippen LogP contribution in [0.2, 0.25) is 0 Å². The molecule has 0 saturated heterocycles.